The van der Waals surface area contributed by atoms with E-state index in [0.29, 0.717) is 38.0 Å². The van der Waals surface area contributed by atoms with Gasteiger partial charge in [0.1, 0.15) is 9.96 Å². The number of thiophene rings is 1. The van der Waals surface area contributed by atoms with Gasteiger partial charge in [0.25, 0.3) is 15.9 Å². The van der Waals surface area contributed by atoms with Crippen LogP contribution >= 0.6 is 22.9 Å². The van der Waals surface area contributed by atoms with Crippen LogP contribution in [0.3, 0.4) is 0 Å². The molecule has 3 aliphatic heterocycles. The van der Waals surface area contributed by atoms with Crippen LogP contribution in [0.1, 0.15) is 30.9 Å². The number of likely N-dealkylation sites (tertiary alicyclic amines) is 1. The minimum absolute atomic E-state index is 0.0167. The van der Waals surface area contributed by atoms with Gasteiger partial charge >= 0.3 is 6.09 Å². The number of piperazine rings is 1. The summed E-state index contributed by atoms with van der Waals surface area (Å²) in [5, 5.41) is 1.88. The van der Waals surface area contributed by atoms with Crippen LogP contribution in [0, 0.1) is 0 Å². The summed E-state index contributed by atoms with van der Waals surface area (Å²) < 4.78 is 40.9. The van der Waals surface area contributed by atoms with Crippen LogP contribution in [-0.2, 0) is 25.2 Å². The van der Waals surface area contributed by atoms with Crippen molar-refractivity contribution in [3.05, 3.63) is 76.1 Å². The molecule has 3 aromatic rings. The quantitative estimate of drug-likeness (QED) is 0.363. The van der Waals surface area contributed by atoms with Crippen LogP contribution in [0.2, 0.25) is 5.02 Å². The molecule has 2 aromatic carbocycles. The van der Waals surface area contributed by atoms with E-state index in [2.05, 4.69) is 16.8 Å². The van der Waals surface area contributed by atoms with Gasteiger partial charge in [0.15, 0.2) is 0 Å². The average Bonchev–Trinajstić information content (AvgIpc) is 3.65. The molecule has 4 heterocycles. The lowest BCUT2D eigenvalue weighted by atomic mass is 9.86. The maximum atomic E-state index is 14.7. The maximum Gasteiger partial charge on any atom is 0.411 e. The second-order valence-corrected chi connectivity index (χ2v) is 14.6. The van der Waals surface area contributed by atoms with Crippen molar-refractivity contribution in [3.8, 4) is 5.75 Å². The molecule has 1 aromatic heterocycles. The van der Waals surface area contributed by atoms with Gasteiger partial charge in [0.2, 0.25) is 5.60 Å². The molecule has 10 nitrogen and oxygen atoms in total. The lowest BCUT2D eigenvalue weighted by Gasteiger charge is -2.42. The molecule has 0 aliphatic carbocycles. The topological polar surface area (TPSA) is 99.7 Å². The van der Waals surface area contributed by atoms with E-state index >= 15 is 0 Å². The van der Waals surface area contributed by atoms with Gasteiger partial charge in [-0.3, -0.25) is 9.69 Å². The van der Waals surface area contributed by atoms with Crippen molar-refractivity contribution in [1.82, 2.24) is 14.7 Å². The van der Waals surface area contributed by atoms with E-state index in [9.17, 15) is 18.0 Å². The van der Waals surface area contributed by atoms with Crippen molar-refractivity contribution in [2.45, 2.75) is 35.6 Å². The van der Waals surface area contributed by atoms with E-state index in [-0.39, 0.29) is 32.7 Å². The average molecular weight is 659 g/mol. The highest BCUT2D eigenvalue weighted by Crippen LogP contribution is 2.52. The first kappa shape index (κ1) is 30.8. The molecule has 6 rings (SSSR count). The van der Waals surface area contributed by atoms with Crippen LogP contribution < -0.4 is 9.04 Å². The monoisotopic (exact) mass is 658 g/mol. The molecule has 0 saturated carbocycles. The summed E-state index contributed by atoms with van der Waals surface area (Å²) in [5.74, 6) is -0.641. The second kappa shape index (κ2) is 12.3. The summed E-state index contributed by atoms with van der Waals surface area (Å²) in [6.45, 7) is 6.36. The number of carbonyl (C=O) groups excluding carboxylic acids is 2. The molecule has 2 saturated heterocycles. The Kier molecular flexibility index (Phi) is 8.64. The zero-order chi connectivity index (χ0) is 31.1. The molecule has 1 unspecified atom stereocenters. The van der Waals surface area contributed by atoms with Crippen LogP contribution in [0.15, 0.2) is 64.2 Å². The zero-order valence-electron chi connectivity index (χ0n) is 24.6. The van der Waals surface area contributed by atoms with E-state index in [1.165, 1.54) is 24.3 Å². The first-order valence-electron chi connectivity index (χ1n) is 14.7. The molecular weight excluding hydrogens is 624 g/mol. The van der Waals surface area contributed by atoms with E-state index < -0.39 is 27.6 Å². The molecule has 44 heavy (non-hydrogen) atoms. The Morgan fingerprint density at radius 3 is 2.41 bits per heavy atom. The number of sulfonamides is 1. The number of rotatable bonds is 7. The zero-order valence-corrected chi connectivity index (χ0v) is 27.0. The number of anilines is 1. The summed E-state index contributed by atoms with van der Waals surface area (Å²) in [4.78, 5) is 35.1. The van der Waals surface area contributed by atoms with Gasteiger partial charge in [-0.05, 0) is 75.6 Å². The summed E-state index contributed by atoms with van der Waals surface area (Å²) in [7, 11) is -2.22. The van der Waals surface area contributed by atoms with Crippen LogP contribution in [0.5, 0.6) is 5.75 Å². The van der Waals surface area contributed by atoms with Crippen molar-refractivity contribution < 1.29 is 27.5 Å². The number of ether oxygens (including phenoxy) is 2. The third kappa shape index (κ3) is 5.36. The molecule has 0 radical (unpaired) electrons. The predicted molar refractivity (Wildman–Crippen MR) is 169 cm³/mol. The lowest BCUT2D eigenvalue weighted by molar-refractivity contribution is -0.132. The molecule has 234 valence electrons. The third-order valence-corrected chi connectivity index (χ3v) is 11.9. The fraction of sp³-hybridized carbons (Fsp3) is 0.419. The number of carbonyl (C=O) groups is 2. The molecule has 1 atom stereocenters. The van der Waals surface area contributed by atoms with Crippen molar-refractivity contribution in [3.63, 3.8) is 0 Å². The molecule has 13 heteroatoms. The number of hydrogen-bond donors (Lipinski definition) is 0. The predicted octanol–water partition coefficient (Wildman–Crippen LogP) is 4.63. The number of hydrogen-bond acceptors (Lipinski definition) is 9. The number of piperidine rings is 1. The molecule has 3 aliphatic rings. The third-order valence-electron chi connectivity index (χ3n) is 8.62. The summed E-state index contributed by atoms with van der Waals surface area (Å²) in [6, 6.07) is 14.7. The molecule has 0 bridgehead atoms. The SMILES string of the molecule is CCOc1ccccc1C1(OC(=O)N2CCN(C3CCN(C)CC3)CC2)C(=O)N(S(=O)(=O)c2cccs2)c2ccc(Cl)cc21. The minimum Gasteiger partial charge on any atom is -0.493 e. The normalized spacial score (nSPS) is 21.8. The summed E-state index contributed by atoms with van der Waals surface area (Å²) in [6.07, 6.45) is 1.45. The number of halogens is 1. The smallest absolute Gasteiger partial charge is 0.411 e. The lowest BCUT2D eigenvalue weighted by Crippen LogP contribution is -2.55. The van der Waals surface area contributed by atoms with Crippen molar-refractivity contribution >= 4 is 50.6 Å². The molecule has 0 spiro atoms. The van der Waals surface area contributed by atoms with Gasteiger partial charge in [0, 0.05) is 42.8 Å². The van der Waals surface area contributed by atoms with Crippen LogP contribution in [0.4, 0.5) is 10.5 Å². The largest absolute Gasteiger partial charge is 0.493 e. The first-order chi connectivity index (χ1) is 21.2. The molecule has 2 fully saturated rings. The van der Waals surface area contributed by atoms with Gasteiger partial charge < -0.3 is 19.3 Å². The van der Waals surface area contributed by atoms with Crippen molar-refractivity contribution in [2.75, 3.05) is 57.2 Å². The number of fused-ring (bicyclic) bond motifs is 1. The van der Waals surface area contributed by atoms with Gasteiger partial charge in [0.05, 0.1) is 17.9 Å². The Hall–Kier alpha value is -3.16. The minimum atomic E-state index is -4.36. The molecular formula is C31H35ClN4O6S2. The fourth-order valence-electron chi connectivity index (χ4n) is 6.35. The number of amides is 2. The highest BCUT2D eigenvalue weighted by molar-refractivity contribution is 7.95. The standard InChI is InChI=1S/C31H35ClN4O6S2/c1-3-41-27-8-5-4-7-24(27)31(42-30(38)35-18-16-34(17-19-35)23-12-14-33(2)15-13-23)25-21-22(32)10-11-26(25)36(29(31)37)44(39,40)28-9-6-20-43-28/h4-11,20-21,23H,3,12-19H2,1-2H3. The number of nitrogens with zero attached hydrogens (tertiary/aromatic N) is 4. The van der Waals surface area contributed by atoms with Crippen LogP contribution in [-0.4, -0.2) is 94.1 Å². The van der Waals surface area contributed by atoms with Gasteiger partial charge in [-0.15, -0.1) is 11.3 Å². The Bertz CT molecular complexity index is 1640. The Balaban J connectivity index is 1.40. The van der Waals surface area contributed by atoms with E-state index in [4.69, 9.17) is 21.1 Å². The first-order valence-corrected chi connectivity index (χ1v) is 17.4. The Labute approximate surface area is 266 Å². The molecule has 2 amide bonds. The van der Waals surface area contributed by atoms with Gasteiger partial charge in [-0.1, -0.05) is 35.9 Å². The van der Waals surface area contributed by atoms with Crippen molar-refractivity contribution in [1.29, 1.82) is 0 Å². The summed E-state index contributed by atoms with van der Waals surface area (Å²) >= 11 is 7.46. The number of para-hydroxylation sites is 1. The van der Waals surface area contributed by atoms with E-state index in [0.717, 1.165) is 41.6 Å². The highest BCUT2D eigenvalue weighted by Gasteiger charge is 2.61. The summed E-state index contributed by atoms with van der Waals surface area (Å²) in [5.41, 5.74) is -1.73. The van der Waals surface area contributed by atoms with E-state index in [1.807, 2.05) is 0 Å². The highest BCUT2D eigenvalue weighted by atomic mass is 35.5. The Morgan fingerprint density at radius 1 is 1.00 bits per heavy atom. The molecule has 0 N–H and O–H groups in total. The van der Waals surface area contributed by atoms with Gasteiger partial charge in [-0.25, -0.2) is 4.79 Å². The van der Waals surface area contributed by atoms with E-state index in [1.54, 1.807) is 47.5 Å². The Morgan fingerprint density at radius 2 is 1.73 bits per heavy atom. The van der Waals surface area contributed by atoms with Crippen LogP contribution in [0.25, 0.3) is 0 Å². The number of benzene rings is 2. The fourth-order valence-corrected chi connectivity index (χ4v) is 9.04. The van der Waals surface area contributed by atoms with Crippen molar-refractivity contribution in [2.24, 2.45) is 0 Å². The second-order valence-electron chi connectivity index (χ2n) is 11.2. The van der Waals surface area contributed by atoms with Gasteiger partial charge in [-0.2, -0.15) is 12.7 Å². The maximum absolute atomic E-state index is 14.7.